The molecule has 0 radical (unpaired) electrons. The molecule has 0 bridgehead atoms. The Bertz CT molecular complexity index is 753. The molecule has 25 heavy (non-hydrogen) atoms. The van der Waals surface area contributed by atoms with Crippen LogP contribution in [0.4, 0.5) is 5.69 Å². The van der Waals surface area contributed by atoms with E-state index in [1.54, 1.807) is 7.11 Å². The number of nitrogens with two attached hydrogens (primary N) is 1. The third-order valence-corrected chi connectivity index (χ3v) is 3.88. The molecule has 0 aliphatic carbocycles. The predicted molar refractivity (Wildman–Crippen MR) is 99.6 cm³/mol. The summed E-state index contributed by atoms with van der Waals surface area (Å²) in [6.45, 7) is 2.76. The van der Waals surface area contributed by atoms with Gasteiger partial charge in [-0.1, -0.05) is 30.3 Å². The van der Waals surface area contributed by atoms with E-state index in [9.17, 15) is 0 Å². The largest absolute Gasteiger partial charge is 0.496 e. The van der Waals surface area contributed by atoms with Crippen LogP contribution in [0.1, 0.15) is 5.56 Å². The first-order valence-electron chi connectivity index (χ1n) is 8.22. The maximum absolute atomic E-state index is 6.26. The maximum atomic E-state index is 6.26. The zero-order chi connectivity index (χ0) is 17.5. The zero-order valence-corrected chi connectivity index (χ0v) is 14.3. The van der Waals surface area contributed by atoms with Gasteiger partial charge in [-0.2, -0.15) is 4.99 Å². The second-order valence-corrected chi connectivity index (χ2v) is 5.54. The number of amidine groups is 1. The molecular weight excluding hydrogens is 316 g/mol. The summed E-state index contributed by atoms with van der Waals surface area (Å²) in [6.07, 6.45) is 0. The molecule has 2 N–H and O–H groups in total. The second kappa shape index (κ2) is 8.30. The average molecular weight is 338 g/mol. The fraction of sp³-hybridized carbons (Fsp3) is 0.263. The van der Waals surface area contributed by atoms with E-state index in [-0.39, 0.29) is 0 Å². The van der Waals surface area contributed by atoms with Gasteiger partial charge in [-0.15, -0.1) is 0 Å². The number of para-hydroxylation sites is 2. The van der Waals surface area contributed by atoms with Gasteiger partial charge in [0.2, 0.25) is 5.96 Å². The topological polar surface area (TPSA) is 72.4 Å². The Morgan fingerprint density at radius 1 is 1.04 bits per heavy atom. The van der Waals surface area contributed by atoms with Crippen LogP contribution in [0.15, 0.2) is 64.6 Å². The van der Waals surface area contributed by atoms with Gasteiger partial charge >= 0.3 is 0 Å². The lowest BCUT2D eigenvalue weighted by Gasteiger charge is -2.27. The minimum atomic E-state index is 0.374. The SMILES string of the molecule is COc1ccccc1/C(N)=N/C(=Nc1ccccc1)N1CCOCC1. The number of hydrogen-bond acceptors (Lipinski definition) is 3. The molecule has 0 unspecified atom stereocenters. The third-order valence-electron chi connectivity index (χ3n) is 3.88. The molecule has 0 aromatic heterocycles. The van der Waals surface area contributed by atoms with Crippen LogP contribution in [-0.2, 0) is 4.74 Å². The van der Waals surface area contributed by atoms with Crippen LogP contribution in [0.5, 0.6) is 5.75 Å². The van der Waals surface area contributed by atoms with Crippen LogP contribution >= 0.6 is 0 Å². The number of morpholine rings is 1. The van der Waals surface area contributed by atoms with E-state index in [1.807, 2.05) is 54.6 Å². The summed E-state index contributed by atoms with van der Waals surface area (Å²) in [7, 11) is 1.62. The lowest BCUT2D eigenvalue weighted by molar-refractivity contribution is 0.0676. The van der Waals surface area contributed by atoms with E-state index in [1.165, 1.54) is 0 Å². The molecular formula is C19H22N4O2. The highest BCUT2D eigenvalue weighted by molar-refractivity contribution is 6.06. The van der Waals surface area contributed by atoms with E-state index < -0.39 is 0 Å². The molecule has 1 aliphatic rings. The summed E-state index contributed by atoms with van der Waals surface area (Å²) in [5.41, 5.74) is 7.85. The number of guanidine groups is 1. The molecule has 0 spiro atoms. The monoisotopic (exact) mass is 338 g/mol. The second-order valence-electron chi connectivity index (χ2n) is 5.54. The van der Waals surface area contributed by atoms with Gasteiger partial charge in [0.25, 0.3) is 0 Å². The Morgan fingerprint density at radius 2 is 1.72 bits per heavy atom. The highest BCUT2D eigenvalue weighted by Crippen LogP contribution is 2.18. The number of benzene rings is 2. The molecule has 2 aromatic carbocycles. The van der Waals surface area contributed by atoms with Gasteiger partial charge < -0.3 is 20.1 Å². The molecule has 130 valence electrons. The van der Waals surface area contributed by atoms with Crippen molar-refractivity contribution in [2.75, 3.05) is 33.4 Å². The number of methoxy groups -OCH3 is 1. The third kappa shape index (κ3) is 4.36. The first kappa shape index (κ1) is 17.0. The van der Waals surface area contributed by atoms with Crippen molar-refractivity contribution in [3.8, 4) is 5.75 Å². The predicted octanol–water partition coefficient (Wildman–Crippen LogP) is 2.42. The highest BCUT2D eigenvalue weighted by atomic mass is 16.5. The minimum absolute atomic E-state index is 0.374. The zero-order valence-electron chi connectivity index (χ0n) is 14.3. The fourth-order valence-corrected chi connectivity index (χ4v) is 2.57. The van der Waals surface area contributed by atoms with E-state index in [4.69, 9.17) is 15.2 Å². The Morgan fingerprint density at radius 3 is 2.44 bits per heavy atom. The van der Waals surface area contributed by atoms with Gasteiger partial charge in [-0.25, -0.2) is 4.99 Å². The smallest absolute Gasteiger partial charge is 0.228 e. The molecule has 3 rings (SSSR count). The summed E-state index contributed by atoms with van der Waals surface area (Å²) < 4.78 is 10.8. The lowest BCUT2D eigenvalue weighted by atomic mass is 10.2. The molecule has 1 heterocycles. The first-order chi connectivity index (χ1) is 12.3. The van der Waals surface area contributed by atoms with E-state index in [2.05, 4.69) is 14.9 Å². The van der Waals surface area contributed by atoms with Gasteiger partial charge in [-0.3, -0.25) is 0 Å². The highest BCUT2D eigenvalue weighted by Gasteiger charge is 2.16. The summed E-state index contributed by atoms with van der Waals surface area (Å²) in [4.78, 5) is 11.4. The summed E-state index contributed by atoms with van der Waals surface area (Å²) >= 11 is 0. The summed E-state index contributed by atoms with van der Waals surface area (Å²) in [6, 6.07) is 17.3. The normalized spacial score (nSPS) is 16.0. The number of nitrogens with zero attached hydrogens (tertiary/aromatic N) is 3. The number of hydrogen-bond donors (Lipinski definition) is 1. The Balaban J connectivity index is 1.97. The van der Waals surface area contributed by atoms with Crippen LogP contribution < -0.4 is 10.5 Å². The van der Waals surface area contributed by atoms with Crippen molar-refractivity contribution in [3.05, 3.63) is 60.2 Å². The Kier molecular flexibility index (Phi) is 5.64. The van der Waals surface area contributed by atoms with Gasteiger partial charge in [0, 0.05) is 13.1 Å². The van der Waals surface area contributed by atoms with Gasteiger partial charge in [0.15, 0.2) is 0 Å². The molecule has 1 fully saturated rings. The average Bonchev–Trinajstić information content (AvgIpc) is 2.69. The number of ether oxygens (including phenoxy) is 2. The van der Waals surface area contributed by atoms with Crippen LogP contribution in [0.2, 0.25) is 0 Å². The van der Waals surface area contributed by atoms with E-state index in [0.717, 1.165) is 24.3 Å². The van der Waals surface area contributed by atoms with Crippen molar-refractivity contribution in [1.29, 1.82) is 0 Å². The molecule has 0 atom stereocenters. The van der Waals surface area contributed by atoms with Gasteiger partial charge in [-0.05, 0) is 24.3 Å². The van der Waals surface area contributed by atoms with Crippen molar-refractivity contribution in [2.45, 2.75) is 0 Å². The van der Waals surface area contributed by atoms with Crippen molar-refractivity contribution < 1.29 is 9.47 Å². The summed E-state index contributed by atoms with van der Waals surface area (Å²) in [5, 5.41) is 0. The van der Waals surface area contributed by atoms with E-state index >= 15 is 0 Å². The first-order valence-corrected chi connectivity index (χ1v) is 8.22. The standard InChI is InChI=1S/C19H22N4O2/c1-24-17-10-6-5-9-16(17)18(20)22-19(23-11-13-25-14-12-23)21-15-7-3-2-4-8-15/h2-10H,11-14H2,1H3,(H2,20,21,22). The number of aliphatic imine (C=N–C) groups is 2. The Labute approximate surface area is 147 Å². The van der Waals surface area contributed by atoms with Gasteiger partial charge in [0.1, 0.15) is 11.6 Å². The lowest BCUT2D eigenvalue weighted by Crippen LogP contribution is -2.40. The van der Waals surface area contributed by atoms with Crippen LogP contribution in [-0.4, -0.2) is 50.1 Å². The van der Waals surface area contributed by atoms with Crippen LogP contribution in [0.25, 0.3) is 0 Å². The fourth-order valence-electron chi connectivity index (χ4n) is 2.57. The van der Waals surface area contributed by atoms with Gasteiger partial charge in [0.05, 0.1) is 31.6 Å². The molecule has 1 saturated heterocycles. The number of rotatable bonds is 3. The van der Waals surface area contributed by atoms with Crippen molar-refractivity contribution in [1.82, 2.24) is 4.90 Å². The van der Waals surface area contributed by atoms with Crippen LogP contribution in [0.3, 0.4) is 0 Å². The van der Waals surface area contributed by atoms with E-state index in [0.29, 0.717) is 30.8 Å². The molecule has 0 saturated carbocycles. The summed E-state index contributed by atoms with van der Waals surface area (Å²) in [5.74, 6) is 1.64. The molecule has 0 amide bonds. The quantitative estimate of drug-likeness (QED) is 0.689. The van der Waals surface area contributed by atoms with Crippen molar-refractivity contribution >= 4 is 17.5 Å². The minimum Gasteiger partial charge on any atom is -0.496 e. The molecule has 1 aliphatic heterocycles. The Hall–Kier alpha value is -2.86. The van der Waals surface area contributed by atoms with Crippen molar-refractivity contribution in [2.24, 2.45) is 15.7 Å². The molecule has 2 aromatic rings. The molecule has 6 heteroatoms. The van der Waals surface area contributed by atoms with Crippen molar-refractivity contribution in [3.63, 3.8) is 0 Å². The molecule has 6 nitrogen and oxygen atoms in total. The maximum Gasteiger partial charge on any atom is 0.228 e. The van der Waals surface area contributed by atoms with Crippen LogP contribution in [0, 0.1) is 0 Å².